The van der Waals surface area contributed by atoms with Gasteiger partial charge in [0.2, 0.25) is 0 Å². The van der Waals surface area contributed by atoms with E-state index in [9.17, 15) is 9.18 Å². The molecule has 0 spiro atoms. The van der Waals surface area contributed by atoms with Crippen molar-refractivity contribution >= 4 is 24.4 Å². The Hall–Kier alpha value is -2.38. The number of benzene rings is 2. The molecule has 0 aliphatic heterocycles. The van der Waals surface area contributed by atoms with Crippen LogP contribution >= 0.6 is 0 Å². The van der Waals surface area contributed by atoms with Crippen LogP contribution in [0.1, 0.15) is 5.56 Å². The minimum Gasteiger partial charge on any atom is -0.444 e. The van der Waals surface area contributed by atoms with Crippen LogP contribution in [0.2, 0.25) is 0 Å². The smallest absolute Gasteiger partial charge is 0.444 e. The Bertz CT molecular complexity index is 622. The van der Waals surface area contributed by atoms with Crippen LogP contribution in [0.5, 0.6) is 0 Å². The highest BCUT2D eigenvalue weighted by Gasteiger charge is 2.15. The molecule has 1 amide bonds. The number of carbonyl (C=O) groups excluding carboxylic acids is 1. The third kappa shape index (κ3) is 4.30. The van der Waals surface area contributed by atoms with Crippen molar-refractivity contribution in [2.45, 2.75) is 6.61 Å². The Kier molecular flexibility index (Phi) is 4.92. The van der Waals surface area contributed by atoms with Crippen molar-refractivity contribution in [3.63, 3.8) is 0 Å². The molecule has 0 unspecified atom stereocenters. The quantitative estimate of drug-likeness (QED) is 0.740. The van der Waals surface area contributed by atoms with Crippen molar-refractivity contribution in [3.05, 3.63) is 59.9 Å². The highest BCUT2D eigenvalue weighted by Crippen LogP contribution is 2.12. The number of hydrogen-bond acceptors (Lipinski definition) is 4. The average Bonchev–Trinajstić information content (AvgIpc) is 2.48. The fourth-order valence-corrected chi connectivity index (χ4v) is 1.67. The molecule has 0 aromatic heterocycles. The highest BCUT2D eigenvalue weighted by molar-refractivity contribution is 6.58. The molecule has 2 aromatic carbocycles. The van der Waals surface area contributed by atoms with Gasteiger partial charge in [0, 0.05) is 0 Å². The van der Waals surface area contributed by atoms with E-state index in [0.717, 1.165) is 17.7 Å². The summed E-state index contributed by atoms with van der Waals surface area (Å²) in [6, 6.07) is 12.4. The van der Waals surface area contributed by atoms with E-state index in [1.54, 1.807) is 12.1 Å². The van der Waals surface area contributed by atoms with E-state index in [1.807, 2.05) is 18.2 Å². The van der Waals surface area contributed by atoms with Crippen LogP contribution in [-0.4, -0.2) is 23.3 Å². The lowest BCUT2D eigenvalue weighted by atomic mass is 9.80. The zero-order chi connectivity index (χ0) is 15.2. The van der Waals surface area contributed by atoms with Crippen molar-refractivity contribution in [2.75, 3.05) is 5.32 Å². The van der Waals surface area contributed by atoms with E-state index in [4.69, 9.17) is 14.8 Å². The van der Waals surface area contributed by atoms with Crippen molar-refractivity contribution < 1.29 is 24.0 Å². The number of nitrogens with one attached hydrogen (secondary N) is 1. The van der Waals surface area contributed by atoms with Crippen LogP contribution in [0.4, 0.5) is 14.9 Å². The Morgan fingerprint density at radius 3 is 2.57 bits per heavy atom. The third-order valence-electron chi connectivity index (χ3n) is 2.74. The molecule has 0 bridgehead atoms. The fourth-order valence-electron chi connectivity index (χ4n) is 1.67. The Morgan fingerprint density at radius 1 is 1.19 bits per heavy atom. The standard InChI is InChI=1S/C14H13BFNO4/c16-12-7-6-11(15(19)20)8-13(12)17-14(18)21-9-10-4-2-1-3-5-10/h1-8,19-20H,9H2,(H,17,18). The van der Waals surface area contributed by atoms with Gasteiger partial charge in [0.1, 0.15) is 12.4 Å². The van der Waals surface area contributed by atoms with Crippen LogP contribution in [0.3, 0.4) is 0 Å². The first-order valence-corrected chi connectivity index (χ1v) is 6.19. The predicted octanol–water partition coefficient (Wildman–Crippen LogP) is 1.25. The number of rotatable bonds is 4. The summed E-state index contributed by atoms with van der Waals surface area (Å²) < 4.78 is 18.5. The first kappa shape index (κ1) is 15.0. The number of carbonyl (C=O) groups is 1. The van der Waals surface area contributed by atoms with Gasteiger partial charge in [-0.1, -0.05) is 36.4 Å². The topological polar surface area (TPSA) is 78.8 Å². The zero-order valence-electron chi connectivity index (χ0n) is 11.0. The maximum absolute atomic E-state index is 13.5. The monoisotopic (exact) mass is 289 g/mol. The van der Waals surface area contributed by atoms with Gasteiger partial charge < -0.3 is 14.8 Å². The number of ether oxygens (including phenoxy) is 1. The Labute approximate surface area is 121 Å². The summed E-state index contributed by atoms with van der Waals surface area (Å²) in [5, 5.41) is 20.2. The second kappa shape index (κ2) is 6.87. The molecule has 21 heavy (non-hydrogen) atoms. The molecule has 3 N–H and O–H groups in total. The van der Waals surface area contributed by atoms with Gasteiger partial charge in [-0.2, -0.15) is 0 Å². The van der Waals surface area contributed by atoms with E-state index in [0.29, 0.717) is 0 Å². The number of amides is 1. The molecular formula is C14H13BFNO4. The van der Waals surface area contributed by atoms with E-state index >= 15 is 0 Å². The van der Waals surface area contributed by atoms with Crippen molar-refractivity contribution in [1.82, 2.24) is 0 Å². The summed E-state index contributed by atoms with van der Waals surface area (Å²) in [6.07, 6.45) is -0.831. The van der Waals surface area contributed by atoms with Gasteiger partial charge in [0.25, 0.3) is 0 Å². The normalized spacial score (nSPS) is 10.0. The summed E-state index contributed by atoms with van der Waals surface area (Å²) in [5.74, 6) is -0.698. The molecule has 2 aromatic rings. The van der Waals surface area contributed by atoms with Crippen LogP contribution in [-0.2, 0) is 11.3 Å². The largest absolute Gasteiger partial charge is 0.488 e. The highest BCUT2D eigenvalue weighted by atomic mass is 19.1. The minimum absolute atomic E-state index is 0.0522. The lowest BCUT2D eigenvalue weighted by Gasteiger charge is -2.09. The molecule has 0 radical (unpaired) electrons. The average molecular weight is 289 g/mol. The van der Waals surface area contributed by atoms with Gasteiger partial charge in [0.05, 0.1) is 5.69 Å². The van der Waals surface area contributed by atoms with Crippen LogP contribution in [0.25, 0.3) is 0 Å². The summed E-state index contributed by atoms with van der Waals surface area (Å²) in [5.41, 5.74) is 0.682. The molecule has 0 saturated carbocycles. The third-order valence-corrected chi connectivity index (χ3v) is 2.74. The molecule has 0 fully saturated rings. The van der Waals surface area contributed by atoms with Gasteiger partial charge in [-0.3, -0.25) is 5.32 Å². The van der Waals surface area contributed by atoms with E-state index in [1.165, 1.54) is 6.07 Å². The zero-order valence-corrected chi connectivity index (χ0v) is 11.0. The van der Waals surface area contributed by atoms with Gasteiger partial charge >= 0.3 is 13.2 Å². The maximum Gasteiger partial charge on any atom is 0.488 e. The van der Waals surface area contributed by atoms with Gasteiger partial charge in [0.15, 0.2) is 0 Å². The molecule has 0 heterocycles. The number of hydrogen-bond donors (Lipinski definition) is 3. The molecular weight excluding hydrogens is 276 g/mol. The molecule has 0 aliphatic carbocycles. The van der Waals surface area contributed by atoms with Crippen LogP contribution in [0, 0.1) is 5.82 Å². The molecule has 0 saturated heterocycles. The van der Waals surface area contributed by atoms with Crippen LogP contribution < -0.4 is 10.8 Å². The molecule has 0 aliphatic rings. The van der Waals surface area contributed by atoms with E-state index in [-0.39, 0.29) is 17.8 Å². The molecule has 2 rings (SSSR count). The molecule has 7 heteroatoms. The Balaban J connectivity index is 1.98. The second-order valence-electron chi connectivity index (χ2n) is 4.30. The minimum atomic E-state index is -1.74. The number of halogens is 1. The lowest BCUT2D eigenvalue weighted by molar-refractivity contribution is 0.155. The van der Waals surface area contributed by atoms with Crippen molar-refractivity contribution in [3.8, 4) is 0 Å². The number of anilines is 1. The maximum atomic E-state index is 13.5. The van der Waals surface area contributed by atoms with Crippen molar-refractivity contribution in [2.24, 2.45) is 0 Å². The fraction of sp³-hybridized carbons (Fsp3) is 0.0714. The molecule has 5 nitrogen and oxygen atoms in total. The van der Waals surface area contributed by atoms with Gasteiger partial charge in [-0.15, -0.1) is 0 Å². The SMILES string of the molecule is O=C(Nc1cc(B(O)O)ccc1F)OCc1ccccc1. The van der Waals surface area contributed by atoms with Gasteiger partial charge in [-0.25, -0.2) is 9.18 Å². The predicted molar refractivity (Wildman–Crippen MR) is 76.5 cm³/mol. The summed E-state index contributed by atoms with van der Waals surface area (Å²) in [6.45, 7) is 0.0522. The first-order valence-electron chi connectivity index (χ1n) is 6.19. The Morgan fingerprint density at radius 2 is 1.90 bits per heavy atom. The summed E-state index contributed by atoms with van der Waals surface area (Å²) >= 11 is 0. The van der Waals surface area contributed by atoms with Gasteiger partial charge in [-0.05, 0) is 23.2 Å². The lowest BCUT2D eigenvalue weighted by Crippen LogP contribution is -2.30. The van der Waals surface area contributed by atoms with E-state index in [2.05, 4.69) is 5.32 Å². The molecule has 0 atom stereocenters. The van der Waals surface area contributed by atoms with Crippen LogP contribution in [0.15, 0.2) is 48.5 Å². The second-order valence-corrected chi connectivity index (χ2v) is 4.30. The molecule has 108 valence electrons. The van der Waals surface area contributed by atoms with Crippen molar-refractivity contribution in [1.29, 1.82) is 0 Å². The summed E-state index contributed by atoms with van der Waals surface area (Å²) in [4.78, 5) is 11.6. The summed E-state index contributed by atoms with van der Waals surface area (Å²) in [7, 11) is -1.74. The first-order chi connectivity index (χ1) is 10.1. The van der Waals surface area contributed by atoms with E-state index < -0.39 is 19.0 Å².